The van der Waals surface area contributed by atoms with Crippen molar-refractivity contribution in [2.45, 2.75) is 13.8 Å². The number of hydrogen-bond donors (Lipinski definition) is 0. The van der Waals surface area contributed by atoms with Crippen LogP contribution in [-0.2, 0) is 4.79 Å². The zero-order chi connectivity index (χ0) is 10.6. The number of rotatable bonds is 4. The van der Waals surface area contributed by atoms with Gasteiger partial charge in [-0.05, 0) is 24.3 Å². The third-order valence-corrected chi connectivity index (χ3v) is 1.84. The Labute approximate surface area is 82.7 Å². The molecule has 0 aliphatic heterocycles. The first kappa shape index (κ1) is 10.7. The van der Waals surface area contributed by atoms with E-state index in [1.165, 1.54) is 24.3 Å². The largest absolute Gasteiger partial charge is 0.486 e. The number of Topliss-reactive ketones (excluding diaryl/α,β-unsaturated/α-hetero) is 1. The lowest BCUT2D eigenvalue weighted by Crippen LogP contribution is -2.16. The molecule has 0 aromatic heterocycles. The summed E-state index contributed by atoms with van der Waals surface area (Å²) < 4.78 is 17.7. The van der Waals surface area contributed by atoms with Gasteiger partial charge in [0.1, 0.15) is 18.2 Å². The van der Waals surface area contributed by atoms with Gasteiger partial charge in [0.15, 0.2) is 5.78 Å². The van der Waals surface area contributed by atoms with Crippen molar-refractivity contribution in [2.24, 2.45) is 5.92 Å². The van der Waals surface area contributed by atoms with Gasteiger partial charge in [-0.15, -0.1) is 0 Å². The minimum Gasteiger partial charge on any atom is -0.486 e. The van der Waals surface area contributed by atoms with Crippen LogP contribution in [0, 0.1) is 11.7 Å². The van der Waals surface area contributed by atoms with E-state index in [-0.39, 0.29) is 24.1 Å². The van der Waals surface area contributed by atoms with Gasteiger partial charge in [0.2, 0.25) is 0 Å². The highest BCUT2D eigenvalue weighted by molar-refractivity contribution is 5.81. The molecule has 3 heteroatoms. The second kappa shape index (κ2) is 4.74. The number of benzene rings is 1. The maximum Gasteiger partial charge on any atom is 0.172 e. The molecule has 0 aliphatic rings. The molecule has 0 N–H and O–H groups in total. The minimum absolute atomic E-state index is 0.0320. The first-order chi connectivity index (χ1) is 6.59. The summed E-state index contributed by atoms with van der Waals surface area (Å²) in [4.78, 5) is 11.2. The van der Waals surface area contributed by atoms with Crippen LogP contribution in [0.1, 0.15) is 13.8 Å². The molecular weight excluding hydrogens is 183 g/mol. The molecule has 0 heterocycles. The molecule has 0 spiro atoms. The van der Waals surface area contributed by atoms with Crippen LogP contribution in [0.2, 0.25) is 0 Å². The van der Waals surface area contributed by atoms with Crippen LogP contribution < -0.4 is 4.74 Å². The Morgan fingerprint density at radius 1 is 1.36 bits per heavy atom. The highest BCUT2D eigenvalue weighted by Crippen LogP contribution is 2.11. The van der Waals surface area contributed by atoms with Crippen molar-refractivity contribution in [3.05, 3.63) is 30.1 Å². The highest BCUT2D eigenvalue weighted by atomic mass is 19.1. The standard InChI is InChI=1S/C11H13FO2/c1-8(2)11(13)7-14-10-5-3-9(12)4-6-10/h3-6,8H,7H2,1-2H3. The van der Waals surface area contributed by atoms with Crippen LogP contribution in [-0.4, -0.2) is 12.4 Å². The molecule has 1 aromatic carbocycles. The molecule has 0 saturated heterocycles. The lowest BCUT2D eigenvalue weighted by atomic mass is 10.1. The van der Waals surface area contributed by atoms with Crippen molar-refractivity contribution in [1.29, 1.82) is 0 Å². The Bertz CT molecular complexity index is 304. The van der Waals surface area contributed by atoms with Crippen molar-refractivity contribution in [3.63, 3.8) is 0 Å². The summed E-state index contributed by atoms with van der Waals surface area (Å²) >= 11 is 0. The van der Waals surface area contributed by atoms with Gasteiger partial charge in [-0.25, -0.2) is 4.39 Å². The molecule has 14 heavy (non-hydrogen) atoms. The van der Waals surface area contributed by atoms with E-state index in [4.69, 9.17) is 4.74 Å². The van der Waals surface area contributed by atoms with Crippen molar-refractivity contribution in [2.75, 3.05) is 6.61 Å². The van der Waals surface area contributed by atoms with Gasteiger partial charge >= 0.3 is 0 Å². The molecule has 0 amide bonds. The summed E-state index contributed by atoms with van der Waals surface area (Å²) in [5.41, 5.74) is 0. The topological polar surface area (TPSA) is 26.3 Å². The normalized spacial score (nSPS) is 10.3. The van der Waals surface area contributed by atoms with E-state index < -0.39 is 0 Å². The average molecular weight is 196 g/mol. The van der Waals surface area contributed by atoms with E-state index in [1.54, 1.807) is 0 Å². The molecule has 0 bridgehead atoms. The Balaban J connectivity index is 2.46. The molecule has 1 aromatic rings. The monoisotopic (exact) mass is 196 g/mol. The fraction of sp³-hybridized carbons (Fsp3) is 0.364. The average Bonchev–Trinajstić information content (AvgIpc) is 2.16. The van der Waals surface area contributed by atoms with Crippen LogP contribution in [0.25, 0.3) is 0 Å². The molecule has 0 fully saturated rings. The summed E-state index contributed by atoms with van der Waals surface area (Å²) in [5.74, 6) is 0.206. The van der Waals surface area contributed by atoms with Crippen molar-refractivity contribution >= 4 is 5.78 Å². The molecular formula is C11H13FO2. The summed E-state index contributed by atoms with van der Waals surface area (Å²) in [6.07, 6.45) is 0. The third kappa shape index (κ3) is 3.17. The number of carbonyl (C=O) groups excluding carboxylic acids is 1. The molecule has 0 radical (unpaired) electrons. The predicted molar refractivity (Wildman–Crippen MR) is 51.7 cm³/mol. The number of ether oxygens (including phenoxy) is 1. The van der Waals surface area contributed by atoms with Crippen molar-refractivity contribution in [3.8, 4) is 5.75 Å². The molecule has 0 saturated carbocycles. The Kier molecular flexibility index (Phi) is 3.63. The highest BCUT2D eigenvalue weighted by Gasteiger charge is 2.07. The zero-order valence-electron chi connectivity index (χ0n) is 8.29. The molecule has 1 rings (SSSR count). The van der Waals surface area contributed by atoms with Gasteiger partial charge < -0.3 is 4.74 Å². The van der Waals surface area contributed by atoms with E-state index in [2.05, 4.69) is 0 Å². The number of ketones is 1. The van der Waals surface area contributed by atoms with E-state index in [1.807, 2.05) is 13.8 Å². The first-order valence-electron chi connectivity index (χ1n) is 4.50. The van der Waals surface area contributed by atoms with Crippen molar-refractivity contribution in [1.82, 2.24) is 0 Å². The number of hydrogen-bond acceptors (Lipinski definition) is 2. The lowest BCUT2D eigenvalue weighted by Gasteiger charge is -2.06. The van der Waals surface area contributed by atoms with Gasteiger partial charge in [-0.1, -0.05) is 13.8 Å². The Morgan fingerprint density at radius 3 is 2.43 bits per heavy atom. The van der Waals surface area contributed by atoms with Crippen LogP contribution >= 0.6 is 0 Å². The van der Waals surface area contributed by atoms with Gasteiger partial charge in [-0.3, -0.25) is 4.79 Å². The van der Waals surface area contributed by atoms with Crippen LogP contribution in [0.15, 0.2) is 24.3 Å². The SMILES string of the molecule is CC(C)C(=O)COc1ccc(F)cc1. The van der Waals surface area contributed by atoms with E-state index in [9.17, 15) is 9.18 Å². The van der Waals surface area contributed by atoms with Crippen molar-refractivity contribution < 1.29 is 13.9 Å². The lowest BCUT2D eigenvalue weighted by molar-refractivity contribution is -0.123. The summed E-state index contributed by atoms with van der Waals surface area (Å²) in [6, 6.07) is 5.61. The van der Waals surface area contributed by atoms with E-state index in [0.717, 1.165) is 0 Å². The van der Waals surface area contributed by atoms with Crippen LogP contribution in [0.3, 0.4) is 0 Å². The summed E-state index contributed by atoms with van der Waals surface area (Å²) in [5, 5.41) is 0. The first-order valence-corrected chi connectivity index (χ1v) is 4.50. The fourth-order valence-corrected chi connectivity index (χ4v) is 0.852. The van der Waals surface area contributed by atoms with Crippen LogP contribution in [0.4, 0.5) is 4.39 Å². The van der Waals surface area contributed by atoms with Gasteiger partial charge in [0, 0.05) is 5.92 Å². The maximum absolute atomic E-state index is 12.5. The third-order valence-electron chi connectivity index (χ3n) is 1.84. The minimum atomic E-state index is -0.312. The Hall–Kier alpha value is -1.38. The summed E-state index contributed by atoms with van der Waals surface area (Å²) in [7, 11) is 0. The number of carbonyl (C=O) groups is 1. The maximum atomic E-state index is 12.5. The molecule has 76 valence electrons. The van der Waals surface area contributed by atoms with Crippen LogP contribution in [0.5, 0.6) is 5.75 Å². The molecule has 0 atom stereocenters. The van der Waals surface area contributed by atoms with Gasteiger partial charge in [0.05, 0.1) is 0 Å². The molecule has 0 unspecified atom stereocenters. The van der Waals surface area contributed by atoms with Gasteiger partial charge in [0.25, 0.3) is 0 Å². The second-order valence-electron chi connectivity index (χ2n) is 3.36. The zero-order valence-corrected chi connectivity index (χ0v) is 8.29. The quantitative estimate of drug-likeness (QED) is 0.739. The smallest absolute Gasteiger partial charge is 0.172 e. The van der Waals surface area contributed by atoms with Gasteiger partial charge in [-0.2, -0.15) is 0 Å². The Morgan fingerprint density at radius 2 is 1.93 bits per heavy atom. The predicted octanol–water partition coefficient (Wildman–Crippen LogP) is 2.43. The second-order valence-corrected chi connectivity index (χ2v) is 3.36. The van der Waals surface area contributed by atoms with E-state index in [0.29, 0.717) is 5.75 Å². The van der Waals surface area contributed by atoms with E-state index >= 15 is 0 Å². The molecule has 2 nitrogen and oxygen atoms in total. The molecule has 0 aliphatic carbocycles. The fourth-order valence-electron chi connectivity index (χ4n) is 0.852. The summed E-state index contributed by atoms with van der Waals surface area (Å²) in [6.45, 7) is 3.68. The number of halogens is 1.